The van der Waals surface area contributed by atoms with Crippen molar-refractivity contribution in [2.24, 2.45) is 0 Å². The average Bonchev–Trinajstić information content (AvgIpc) is 2.58. The Morgan fingerprint density at radius 3 is 1.79 bits per heavy atom. The maximum atomic E-state index is 10.2. The first-order valence-corrected chi connectivity index (χ1v) is 7.46. The van der Waals surface area contributed by atoms with Crippen molar-refractivity contribution in [1.82, 2.24) is 0 Å². The van der Waals surface area contributed by atoms with E-state index in [1.54, 1.807) is 0 Å². The standard InChI is InChI=1S/C13H24O11/c1-21-12-10(20)11(7(17)5(3-15)22-12)24-13-9(19)8(18)6(16)4(2-14)23-13/h4-20H,2-3H2,1H3/t4-,5-,6+,7+,8+,9-,10-,11+,12-,13+/m1/s1/i13+1. The minimum Gasteiger partial charge on any atom is -0.394 e. The molecule has 0 aliphatic carbocycles. The van der Waals surface area contributed by atoms with Crippen LogP contribution in [-0.2, 0) is 18.9 Å². The number of ether oxygens (including phenoxy) is 4. The molecule has 0 spiro atoms. The van der Waals surface area contributed by atoms with Gasteiger partial charge in [0.05, 0.1) is 13.2 Å². The lowest BCUT2D eigenvalue weighted by Crippen LogP contribution is -2.64. The lowest BCUT2D eigenvalue weighted by Gasteiger charge is -2.45. The fraction of sp³-hybridized carbons (Fsp3) is 1.00. The van der Waals surface area contributed by atoms with E-state index in [9.17, 15) is 30.6 Å². The molecule has 0 aromatic heterocycles. The summed E-state index contributed by atoms with van der Waals surface area (Å²) in [5.74, 6) is 0. The highest BCUT2D eigenvalue weighted by molar-refractivity contribution is 4.93. The molecule has 0 bridgehead atoms. The molecule has 11 heteroatoms. The third kappa shape index (κ3) is 3.71. The lowest BCUT2D eigenvalue weighted by atomic mass is 9.99. The summed E-state index contributed by atoms with van der Waals surface area (Å²) in [6.45, 7) is -1.23. The highest BCUT2D eigenvalue weighted by Crippen LogP contribution is 2.29. The van der Waals surface area contributed by atoms with Crippen molar-refractivity contribution in [2.75, 3.05) is 20.3 Å². The molecule has 2 saturated heterocycles. The van der Waals surface area contributed by atoms with Crippen molar-refractivity contribution < 1.29 is 54.7 Å². The van der Waals surface area contributed by atoms with E-state index in [2.05, 4.69) is 0 Å². The van der Waals surface area contributed by atoms with Crippen LogP contribution in [-0.4, -0.2) is 117 Å². The summed E-state index contributed by atoms with van der Waals surface area (Å²) in [7, 11) is 1.24. The number of methoxy groups -OCH3 is 1. The second kappa shape index (κ2) is 8.29. The molecule has 10 atom stereocenters. The molecule has 0 aromatic rings. The van der Waals surface area contributed by atoms with Gasteiger partial charge in [-0.15, -0.1) is 0 Å². The van der Waals surface area contributed by atoms with E-state index < -0.39 is 74.6 Å². The molecule has 2 heterocycles. The zero-order chi connectivity index (χ0) is 18.0. The zero-order valence-corrected chi connectivity index (χ0v) is 13.0. The number of aliphatic hydroxyl groups is 7. The first-order chi connectivity index (χ1) is 11.3. The first kappa shape index (κ1) is 19.9. The van der Waals surface area contributed by atoms with Crippen LogP contribution in [0.25, 0.3) is 0 Å². The van der Waals surface area contributed by atoms with Gasteiger partial charge in [0.25, 0.3) is 0 Å². The van der Waals surface area contributed by atoms with Gasteiger partial charge in [0, 0.05) is 7.11 Å². The Balaban J connectivity index is 2.14. The molecule has 2 fully saturated rings. The van der Waals surface area contributed by atoms with Gasteiger partial charge in [-0.25, -0.2) is 0 Å². The van der Waals surface area contributed by atoms with Crippen LogP contribution in [0.2, 0.25) is 0 Å². The Labute approximate surface area is 137 Å². The van der Waals surface area contributed by atoms with Gasteiger partial charge < -0.3 is 54.7 Å². The minimum absolute atomic E-state index is 0.581. The third-order valence-electron chi connectivity index (χ3n) is 4.19. The second-order valence-electron chi connectivity index (χ2n) is 5.74. The topological polar surface area (TPSA) is 179 Å². The Morgan fingerprint density at radius 1 is 0.708 bits per heavy atom. The van der Waals surface area contributed by atoms with Gasteiger partial charge in [-0.2, -0.15) is 0 Å². The molecule has 0 unspecified atom stereocenters. The van der Waals surface area contributed by atoms with Crippen LogP contribution in [0.3, 0.4) is 0 Å². The first-order valence-electron chi connectivity index (χ1n) is 7.46. The highest BCUT2D eigenvalue weighted by Gasteiger charge is 2.50. The fourth-order valence-corrected chi connectivity index (χ4v) is 2.74. The number of hydrogen-bond acceptors (Lipinski definition) is 11. The van der Waals surface area contributed by atoms with Crippen LogP contribution < -0.4 is 0 Å². The van der Waals surface area contributed by atoms with Gasteiger partial charge in [-0.1, -0.05) is 0 Å². The van der Waals surface area contributed by atoms with Crippen molar-refractivity contribution in [3.63, 3.8) is 0 Å². The summed E-state index contributed by atoms with van der Waals surface area (Å²) < 4.78 is 20.6. The monoisotopic (exact) mass is 357 g/mol. The van der Waals surface area contributed by atoms with Crippen molar-refractivity contribution in [1.29, 1.82) is 0 Å². The van der Waals surface area contributed by atoms with E-state index in [0.29, 0.717) is 0 Å². The predicted octanol–water partition coefficient (Wildman–Crippen LogP) is -4.74. The molecule has 0 radical (unpaired) electrons. The van der Waals surface area contributed by atoms with Crippen molar-refractivity contribution in [2.45, 2.75) is 61.4 Å². The van der Waals surface area contributed by atoms with Crippen LogP contribution in [0.5, 0.6) is 0 Å². The Kier molecular flexibility index (Phi) is 6.87. The Hall–Kier alpha value is -0.440. The Morgan fingerprint density at radius 2 is 1.25 bits per heavy atom. The van der Waals surface area contributed by atoms with E-state index in [1.165, 1.54) is 7.11 Å². The van der Waals surface area contributed by atoms with Crippen LogP contribution in [0.15, 0.2) is 0 Å². The fourth-order valence-electron chi connectivity index (χ4n) is 2.74. The molecule has 2 aliphatic rings. The molecular weight excluding hydrogens is 333 g/mol. The van der Waals surface area contributed by atoms with Crippen LogP contribution in [0.4, 0.5) is 0 Å². The quantitative estimate of drug-likeness (QED) is 0.235. The molecule has 142 valence electrons. The summed E-state index contributed by atoms with van der Waals surface area (Å²) in [6, 6.07) is 0. The van der Waals surface area contributed by atoms with Gasteiger partial charge in [-0.05, 0) is 0 Å². The summed E-state index contributed by atoms with van der Waals surface area (Å²) in [4.78, 5) is 0. The molecule has 2 aliphatic heterocycles. The van der Waals surface area contributed by atoms with Crippen molar-refractivity contribution in [3.8, 4) is 0 Å². The van der Waals surface area contributed by atoms with E-state index in [-0.39, 0.29) is 0 Å². The van der Waals surface area contributed by atoms with Gasteiger partial charge in [0.15, 0.2) is 12.6 Å². The molecular formula is C13H24O11. The van der Waals surface area contributed by atoms with Crippen molar-refractivity contribution in [3.05, 3.63) is 0 Å². The maximum absolute atomic E-state index is 10.2. The smallest absolute Gasteiger partial charge is 0.187 e. The SMILES string of the molecule is CO[C@@H]1O[C@H](CO)[C@H](O)[C@H](O[13C@@H]2O[C@H](CO)[C@H](O)[C@H](O)[C@H]2O)[C@H]1O. The number of aliphatic hydroxyl groups excluding tert-OH is 7. The number of hydrogen-bond donors (Lipinski definition) is 7. The molecule has 7 N–H and O–H groups in total. The van der Waals surface area contributed by atoms with E-state index in [4.69, 9.17) is 24.1 Å². The maximum Gasteiger partial charge on any atom is 0.187 e. The van der Waals surface area contributed by atoms with E-state index >= 15 is 0 Å². The van der Waals surface area contributed by atoms with E-state index in [1.807, 2.05) is 0 Å². The predicted molar refractivity (Wildman–Crippen MR) is 73.4 cm³/mol. The summed E-state index contributed by atoms with van der Waals surface area (Å²) in [5, 5.41) is 68.1. The van der Waals surface area contributed by atoms with Crippen LogP contribution in [0.1, 0.15) is 0 Å². The Bertz CT molecular complexity index is 378. The molecule has 2 rings (SSSR count). The largest absolute Gasteiger partial charge is 0.394 e. The molecule has 0 saturated carbocycles. The van der Waals surface area contributed by atoms with Crippen molar-refractivity contribution >= 4 is 0 Å². The average molecular weight is 357 g/mol. The van der Waals surface area contributed by atoms with Gasteiger partial charge in [0.1, 0.15) is 48.8 Å². The molecule has 0 aromatic carbocycles. The van der Waals surface area contributed by atoms with Gasteiger partial charge in [0.2, 0.25) is 0 Å². The lowest BCUT2D eigenvalue weighted by molar-refractivity contribution is -0.358. The summed E-state index contributed by atoms with van der Waals surface area (Å²) in [6.07, 6.45) is -14.4. The number of rotatable bonds is 5. The zero-order valence-electron chi connectivity index (χ0n) is 13.0. The normalized spacial score (nSPS) is 50.0. The van der Waals surface area contributed by atoms with Gasteiger partial charge in [-0.3, -0.25) is 0 Å². The third-order valence-corrected chi connectivity index (χ3v) is 4.19. The van der Waals surface area contributed by atoms with E-state index in [0.717, 1.165) is 0 Å². The van der Waals surface area contributed by atoms with Crippen LogP contribution in [0, 0.1) is 0 Å². The highest BCUT2D eigenvalue weighted by atomic mass is 16.8. The van der Waals surface area contributed by atoms with Gasteiger partial charge >= 0.3 is 0 Å². The van der Waals surface area contributed by atoms with Crippen LogP contribution >= 0.6 is 0 Å². The molecule has 0 amide bonds. The summed E-state index contributed by atoms with van der Waals surface area (Å²) in [5.41, 5.74) is 0. The second-order valence-corrected chi connectivity index (χ2v) is 5.74. The molecule has 11 nitrogen and oxygen atoms in total. The summed E-state index contributed by atoms with van der Waals surface area (Å²) >= 11 is 0. The molecule has 24 heavy (non-hydrogen) atoms. The minimum atomic E-state index is -1.70.